The number of imide groups is 2. The zero-order valence-electron chi connectivity index (χ0n) is 15.1. The summed E-state index contributed by atoms with van der Waals surface area (Å²) in [6, 6.07) is 11.4. The molecule has 3 rings (SSSR count). The lowest BCUT2D eigenvalue weighted by molar-refractivity contribution is -0.134. The van der Waals surface area contributed by atoms with Crippen molar-refractivity contribution in [2.75, 3.05) is 14.1 Å². The number of amides is 4. The minimum absolute atomic E-state index is 0.158. The summed E-state index contributed by atoms with van der Waals surface area (Å²) in [4.78, 5) is 38.5. The molecule has 0 atom stereocenters. The molecule has 0 aliphatic carbocycles. The maximum absolute atomic E-state index is 12.4. The monoisotopic (exact) mass is 418 g/mol. The molecular formula is C20H16Cl2N2O4. The first kappa shape index (κ1) is 19.9. The standard InChI is InChI=1S/C20H16Cl2N2O4/c1-23-18(25)15(19(26)24(2)20(23)27)10-13-9-14(21)7-8-17(13)28-11-12-5-3-4-6-16(12)22/h3-10H,11H2,1-2H3. The minimum atomic E-state index is -0.690. The van der Waals surface area contributed by atoms with Crippen LogP contribution in [0.2, 0.25) is 10.0 Å². The zero-order valence-corrected chi connectivity index (χ0v) is 16.6. The highest BCUT2D eigenvalue weighted by molar-refractivity contribution is 6.32. The van der Waals surface area contributed by atoms with Gasteiger partial charge in [-0.1, -0.05) is 41.4 Å². The van der Waals surface area contributed by atoms with Crippen molar-refractivity contribution in [1.29, 1.82) is 0 Å². The van der Waals surface area contributed by atoms with Crippen LogP contribution in [0.5, 0.6) is 5.75 Å². The molecule has 0 unspecified atom stereocenters. The van der Waals surface area contributed by atoms with Crippen LogP contribution in [-0.4, -0.2) is 41.7 Å². The average molecular weight is 419 g/mol. The van der Waals surface area contributed by atoms with E-state index in [2.05, 4.69) is 0 Å². The van der Waals surface area contributed by atoms with Gasteiger partial charge in [-0.3, -0.25) is 19.4 Å². The van der Waals surface area contributed by atoms with Gasteiger partial charge in [0, 0.05) is 35.3 Å². The van der Waals surface area contributed by atoms with E-state index < -0.39 is 17.8 Å². The predicted octanol–water partition coefficient (Wildman–Crippen LogP) is 4.01. The molecule has 0 N–H and O–H groups in total. The van der Waals surface area contributed by atoms with Gasteiger partial charge in [0.2, 0.25) is 0 Å². The van der Waals surface area contributed by atoms with Crippen molar-refractivity contribution in [2.45, 2.75) is 6.61 Å². The van der Waals surface area contributed by atoms with E-state index in [1.807, 2.05) is 18.2 Å². The topological polar surface area (TPSA) is 66.9 Å². The lowest BCUT2D eigenvalue weighted by Gasteiger charge is -2.29. The second-order valence-electron chi connectivity index (χ2n) is 6.13. The molecule has 1 heterocycles. The van der Waals surface area contributed by atoms with E-state index in [0.29, 0.717) is 21.4 Å². The quantitative estimate of drug-likeness (QED) is 0.555. The molecule has 0 saturated carbocycles. The summed E-state index contributed by atoms with van der Waals surface area (Å²) in [6.07, 6.45) is 1.37. The summed E-state index contributed by atoms with van der Waals surface area (Å²) < 4.78 is 5.84. The Bertz CT molecular complexity index is 977. The molecule has 1 aliphatic heterocycles. The molecule has 0 radical (unpaired) electrons. The second kappa shape index (κ2) is 8.04. The third-order valence-corrected chi connectivity index (χ3v) is 4.86. The van der Waals surface area contributed by atoms with E-state index in [-0.39, 0.29) is 12.2 Å². The van der Waals surface area contributed by atoms with Crippen LogP contribution in [0.25, 0.3) is 6.08 Å². The molecule has 28 heavy (non-hydrogen) atoms. The van der Waals surface area contributed by atoms with E-state index in [4.69, 9.17) is 27.9 Å². The first-order valence-electron chi connectivity index (χ1n) is 8.27. The highest BCUT2D eigenvalue weighted by atomic mass is 35.5. The molecule has 4 amide bonds. The number of carbonyl (C=O) groups excluding carboxylic acids is 3. The Morgan fingerprint density at radius 2 is 1.61 bits per heavy atom. The number of barbiturate groups is 1. The van der Waals surface area contributed by atoms with Gasteiger partial charge in [-0.05, 0) is 30.3 Å². The molecule has 2 aromatic carbocycles. The number of benzene rings is 2. The second-order valence-corrected chi connectivity index (χ2v) is 6.97. The Balaban J connectivity index is 1.95. The van der Waals surface area contributed by atoms with Gasteiger partial charge in [-0.25, -0.2) is 4.79 Å². The number of hydrogen-bond acceptors (Lipinski definition) is 4. The minimum Gasteiger partial charge on any atom is -0.488 e. The molecular weight excluding hydrogens is 403 g/mol. The van der Waals surface area contributed by atoms with Crippen LogP contribution in [0.4, 0.5) is 4.79 Å². The van der Waals surface area contributed by atoms with Crippen LogP contribution < -0.4 is 4.74 Å². The maximum Gasteiger partial charge on any atom is 0.333 e. The summed E-state index contributed by atoms with van der Waals surface area (Å²) in [5.41, 5.74) is 1.06. The van der Waals surface area contributed by atoms with Crippen molar-refractivity contribution in [3.8, 4) is 5.75 Å². The summed E-state index contributed by atoms with van der Waals surface area (Å²) in [5.74, 6) is -0.963. The van der Waals surface area contributed by atoms with Crippen molar-refractivity contribution < 1.29 is 19.1 Å². The van der Waals surface area contributed by atoms with Crippen LogP contribution in [-0.2, 0) is 16.2 Å². The summed E-state index contributed by atoms with van der Waals surface area (Å²) in [5, 5.41) is 0.973. The van der Waals surface area contributed by atoms with Gasteiger partial charge in [-0.15, -0.1) is 0 Å². The highest BCUT2D eigenvalue weighted by Gasteiger charge is 2.37. The Morgan fingerprint density at radius 3 is 2.25 bits per heavy atom. The summed E-state index contributed by atoms with van der Waals surface area (Å²) in [6.45, 7) is 0.192. The van der Waals surface area contributed by atoms with Gasteiger partial charge in [0.1, 0.15) is 17.9 Å². The molecule has 1 aliphatic rings. The van der Waals surface area contributed by atoms with Crippen molar-refractivity contribution in [2.24, 2.45) is 0 Å². The molecule has 6 nitrogen and oxygen atoms in total. The normalized spacial score (nSPS) is 14.6. The number of likely N-dealkylation sites (N-methyl/N-ethyl adjacent to an activating group) is 2. The van der Waals surface area contributed by atoms with Crippen molar-refractivity contribution in [3.05, 3.63) is 69.2 Å². The molecule has 8 heteroatoms. The Labute approximate surface area is 171 Å². The van der Waals surface area contributed by atoms with Crippen LogP contribution in [0, 0.1) is 0 Å². The Kier molecular flexibility index (Phi) is 5.72. The average Bonchev–Trinajstić information content (AvgIpc) is 2.68. The first-order valence-corrected chi connectivity index (χ1v) is 9.02. The van der Waals surface area contributed by atoms with Gasteiger partial charge in [0.25, 0.3) is 11.8 Å². The molecule has 1 saturated heterocycles. The molecule has 0 aromatic heterocycles. The van der Waals surface area contributed by atoms with Crippen LogP contribution in [0.1, 0.15) is 11.1 Å². The van der Waals surface area contributed by atoms with Gasteiger partial charge < -0.3 is 4.74 Å². The fraction of sp³-hybridized carbons (Fsp3) is 0.150. The Hall–Kier alpha value is -2.83. The van der Waals surface area contributed by atoms with Crippen LogP contribution in [0.3, 0.4) is 0 Å². The number of ether oxygens (including phenoxy) is 1. The van der Waals surface area contributed by atoms with E-state index in [1.165, 1.54) is 20.2 Å². The number of urea groups is 1. The van der Waals surface area contributed by atoms with Crippen molar-refractivity contribution >= 4 is 47.1 Å². The fourth-order valence-corrected chi connectivity index (χ4v) is 3.04. The molecule has 144 valence electrons. The largest absolute Gasteiger partial charge is 0.488 e. The van der Waals surface area contributed by atoms with E-state index in [0.717, 1.165) is 15.4 Å². The molecule has 1 fully saturated rings. The number of hydrogen-bond donors (Lipinski definition) is 0. The molecule has 0 spiro atoms. The lowest BCUT2D eigenvalue weighted by Crippen LogP contribution is -2.52. The van der Waals surface area contributed by atoms with Gasteiger partial charge in [-0.2, -0.15) is 0 Å². The van der Waals surface area contributed by atoms with Gasteiger partial charge >= 0.3 is 6.03 Å². The number of carbonyl (C=O) groups is 3. The van der Waals surface area contributed by atoms with Crippen LogP contribution >= 0.6 is 23.2 Å². The summed E-state index contributed by atoms with van der Waals surface area (Å²) in [7, 11) is 2.63. The van der Waals surface area contributed by atoms with Gasteiger partial charge in [0.05, 0.1) is 0 Å². The van der Waals surface area contributed by atoms with E-state index in [1.54, 1.807) is 24.3 Å². The molecule has 0 bridgehead atoms. The number of rotatable bonds is 4. The van der Waals surface area contributed by atoms with Crippen LogP contribution in [0.15, 0.2) is 48.0 Å². The molecule has 2 aromatic rings. The number of nitrogens with zero attached hydrogens (tertiary/aromatic N) is 2. The Morgan fingerprint density at radius 1 is 0.964 bits per heavy atom. The van der Waals surface area contributed by atoms with Crippen molar-refractivity contribution in [3.63, 3.8) is 0 Å². The highest BCUT2D eigenvalue weighted by Crippen LogP contribution is 2.28. The maximum atomic E-state index is 12.4. The lowest BCUT2D eigenvalue weighted by atomic mass is 10.1. The van der Waals surface area contributed by atoms with Crippen molar-refractivity contribution in [1.82, 2.24) is 9.80 Å². The zero-order chi connectivity index (χ0) is 20.4. The SMILES string of the molecule is CN1C(=O)C(=Cc2cc(Cl)ccc2OCc2ccccc2Cl)C(=O)N(C)C1=O. The first-order chi connectivity index (χ1) is 13.3. The summed E-state index contributed by atoms with van der Waals surface area (Å²) >= 11 is 12.2. The van der Waals surface area contributed by atoms with E-state index >= 15 is 0 Å². The van der Waals surface area contributed by atoms with Gasteiger partial charge in [0.15, 0.2) is 0 Å². The smallest absolute Gasteiger partial charge is 0.333 e. The predicted molar refractivity (Wildman–Crippen MR) is 106 cm³/mol. The third-order valence-electron chi connectivity index (χ3n) is 4.26. The fourth-order valence-electron chi connectivity index (χ4n) is 2.67. The third kappa shape index (κ3) is 3.88. The number of halogens is 2. The van der Waals surface area contributed by atoms with E-state index in [9.17, 15) is 14.4 Å².